The number of carboxylic acid groups (broad SMARTS) is 2. The number of aliphatic carboxylic acids is 2. The average molecular weight is 193 g/mol. The van der Waals surface area contributed by atoms with Gasteiger partial charge in [0.05, 0.1) is 6.54 Å². The van der Waals surface area contributed by atoms with E-state index in [0.717, 1.165) is 0 Å². The number of hydrogen-bond acceptors (Lipinski definition) is 5. The highest BCUT2D eigenvalue weighted by Crippen LogP contribution is 2.04. The lowest BCUT2D eigenvalue weighted by Crippen LogP contribution is -2.54. The van der Waals surface area contributed by atoms with Crippen molar-refractivity contribution in [1.29, 1.82) is 0 Å². The first-order valence-corrected chi connectivity index (χ1v) is 3.46. The summed E-state index contributed by atoms with van der Waals surface area (Å²) in [6.07, 6.45) is -0.477. The van der Waals surface area contributed by atoms with Crippen LogP contribution in [0.15, 0.2) is 0 Å². The Morgan fingerprint density at radius 2 is 1.85 bits per heavy atom. The van der Waals surface area contributed by atoms with Gasteiger partial charge in [-0.15, -0.1) is 0 Å². The molecule has 1 unspecified atom stereocenters. The van der Waals surface area contributed by atoms with Crippen molar-refractivity contribution in [3.63, 3.8) is 0 Å². The van der Waals surface area contributed by atoms with Gasteiger partial charge in [-0.05, 0) is 0 Å². The Kier molecular flexibility index (Phi) is 4.32. The number of hydrogen-bond donors (Lipinski definition) is 5. The van der Waals surface area contributed by atoms with Crippen LogP contribution in [0, 0.1) is 0 Å². The van der Waals surface area contributed by atoms with E-state index in [4.69, 9.17) is 15.3 Å². The van der Waals surface area contributed by atoms with Crippen molar-refractivity contribution in [2.45, 2.75) is 12.1 Å². The van der Waals surface area contributed by atoms with Gasteiger partial charge in [0.2, 0.25) is 5.72 Å². The zero-order valence-corrected chi connectivity index (χ0v) is 6.73. The molecule has 0 aliphatic rings. The maximum absolute atomic E-state index is 10.4. The molecular formula is C6H11NO6. The van der Waals surface area contributed by atoms with Gasteiger partial charge in [-0.1, -0.05) is 0 Å². The number of nitrogens with one attached hydrogen (secondary N) is 1. The summed E-state index contributed by atoms with van der Waals surface area (Å²) >= 11 is 0. The predicted molar refractivity (Wildman–Crippen MR) is 39.9 cm³/mol. The minimum absolute atomic E-state index is 0.477. The molecule has 76 valence electrons. The summed E-state index contributed by atoms with van der Waals surface area (Å²) in [6.45, 7) is -1.25. The molecule has 1 atom stereocenters. The Morgan fingerprint density at radius 3 is 2.15 bits per heavy atom. The molecule has 0 aromatic carbocycles. The molecule has 0 rings (SSSR count). The van der Waals surface area contributed by atoms with Gasteiger partial charge in [0.15, 0.2) is 0 Å². The Hall–Kier alpha value is -1.18. The fourth-order valence-electron chi connectivity index (χ4n) is 0.655. The summed E-state index contributed by atoms with van der Waals surface area (Å²) in [5, 5.41) is 36.2. The Morgan fingerprint density at radius 1 is 1.31 bits per heavy atom. The Labute approximate surface area is 73.6 Å². The SMILES string of the molecule is O=C(O)CNC(O)(CCO)C(=O)O. The van der Waals surface area contributed by atoms with Crippen LogP contribution in [0.1, 0.15) is 6.42 Å². The van der Waals surface area contributed by atoms with Crippen LogP contribution in [0.4, 0.5) is 0 Å². The van der Waals surface area contributed by atoms with Crippen LogP contribution in [-0.4, -0.2) is 51.2 Å². The van der Waals surface area contributed by atoms with E-state index in [1.54, 1.807) is 0 Å². The summed E-state index contributed by atoms with van der Waals surface area (Å²) in [5.74, 6) is -2.92. The predicted octanol–water partition coefficient (Wildman–Crippen LogP) is -2.18. The van der Waals surface area contributed by atoms with Crippen LogP contribution >= 0.6 is 0 Å². The molecule has 0 amide bonds. The lowest BCUT2D eigenvalue weighted by atomic mass is 10.1. The minimum atomic E-state index is -2.38. The lowest BCUT2D eigenvalue weighted by molar-refractivity contribution is -0.165. The van der Waals surface area contributed by atoms with Gasteiger partial charge in [0.1, 0.15) is 0 Å². The van der Waals surface area contributed by atoms with Crippen molar-refractivity contribution in [3.8, 4) is 0 Å². The molecule has 0 radical (unpaired) electrons. The smallest absolute Gasteiger partial charge is 0.351 e. The third kappa shape index (κ3) is 3.83. The summed E-state index contributed by atoms with van der Waals surface area (Å²) in [5.41, 5.74) is -2.38. The summed E-state index contributed by atoms with van der Waals surface area (Å²) in [4.78, 5) is 20.5. The fraction of sp³-hybridized carbons (Fsp3) is 0.667. The quantitative estimate of drug-likeness (QED) is 0.303. The summed E-state index contributed by atoms with van der Waals surface area (Å²) < 4.78 is 0. The van der Waals surface area contributed by atoms with E-state index in [9.17, 15) is 14.7 Å². The van der Waals surface area contributed by atoms with Gasteiger partial charge in [-0.3, -0.25) is 10.1 Å². The second-order valence-corrected chi connectivity index (χ2v) is 2.39. The van der Waals surface area contributed by atoms with Crippen molar-refractivity contribution in [3.05, 3.63) is 0 Å². The molecule has 0 aliphatic heterocycles. The molecule has 13 heavy (non-hydrogen) atoms. The molecule has 0 aliphatic carbocycles. The first-order valence-electron chi connectivity index (χ1n) is 3.46. The van der Waals surface area contributed by atoms with E-state index in [2.05, 4.69) is 0 Å². The van der Waals surface area contributed by atoms with Gasteiger partial charge >= 0.3 is 11.9 Å². The highest BCUT2D eigenvalue weighted by atomic mass is 16.4. The highest BCUT2D eigenvalue weighted by Gasteiger charge is 2.35. The topological polar surface area (TPSA) is 127 Å². The Balaban J connectivity index is 4.24. The Bertz CT molecular complexity index is 205. The molecule has 7 heteroatoms. The summed E-state index contributed by atoms with van der Waals surface area (Å²) in [6, 6.07) is 0. The van der Waals surface area contributed by atoms with Gasteiger partial charge in [0, 0.05) is 13.0 Å². The fourth-order valence-corrected chi connectivity index (χ4v) is 0.655. The highest BCUT2D eigenvalue weighted by molar-refractivity contribution is 5.78. The van der Waals surface area contributed by atoms with Crippen molar-refractivity contribution >= 4 is 11.9 Å². The number of aliphatic hydroxyl groups is 2. The van der Waals surface area contributed by atoms with E-state index in [1.807, 2.05) is 5.32 Å². The van der Waals surface area contributed by atoms with Gasteiger partial charge in [-0.25, -0.2) is 4.79 Å². The van der Waals surface area contributed by atoms with Gasteiger partial charge < -0.3 is 20.4 Å². The second-order valence-electron chi connectivity index (χ2n) is 2.39. The van der Waals surface area contributed by atoms with E-state index < -0.39 is 37.2 Å². The maximum atomic E-state index is 10.4. The zero-order valence-electron chi connectivity index (χ0n) is 6.73. The van der Waals surface area contributed by atoms with Crippen LogP contribution in [0.2, 0.25) is 0 Å². The number of rotatable bonds is 6. The van der Waals surface area contributed by atoms with Crippen molar-refractivity contribution in [2.75, 3.05) is 13.2 Å². The van der Waals surface area contributed by atoms with Crippen LogP contribution < -0.4 is 5.32 Å². The molecule has 0 heterocycles. The van der Waals surface area contributed by atoms with Crippen LogP contribution in [0.5, 0.6) is 0 Å². The lowest BCUT2D eigenvalue weighted by Gasteiger charge is -2.22. The molecule has 7 nitrogen and oxygen atoms in total. The van der Waals surface area contributed by atoms with E-state index in [0.29, 0.717) is 0 Å². The van der Waals surface area contributed by atoms with Crippen molar-refractivity contribution in [1.82, 2.24) is 5.32 Å². The molecule has 0 bridgehead atoms. The molecule has 0 aromatic heterocycles. The number of aliphatic hydroxyl groups excluding tert-OH is 1. The van der Waals surface area contributed by atoms with E-state index in [1.165, 1.54) is 0 Å². The molecule has 0 saturated heterocycles. The number of carboxylic acids is 2. The standard InChI is InChI=1S/C6H11NO6/c8-2-1-6(13,5(11)12)7-3-4(9)10/h7-8,13H,1-3H2,(H,9,10)(H,11,12). The molecule has 0 saturated carbocycles. The van der Waals surface area contributed by atoms with E-state index in [-0.39, 0.29) is 0 Å². The second kappa shape index (κ2) is 4.75. The first-order chi connectivity index (χ1) is 5.92. The van der Waals surface area contributed by atoms with Gasteiger partial charge in [-0.2, -0.15) is 0 Å². The maximum Gasteiger partial charge on any atom is 0.351 e. The molecule has 0 aromatic rings. The largest absolute Gasteiger partial charge is 0.480 e. The van der Waals surface area contributed by atoms with Crippen LogP contribution in [-0.2, 0) is 9.59 Å². The zero-order chi connectivity index (χ0) is 10.5. The average Bonchev–Trinajstić information content (AvgIpc) is 2.01. The summed E-state index contributed by atoms with van der Waals surface area (Å²) in [7, 11) is 0. The molecule has 0 fully saturated rings. The van der Waals surface area contributed by atoms with Crippen molar-refractivity contribution in [2.24, 2.45) is 0 Å². The third-order valence-electron chi connectivity index (χ3n) is 1.36. The minimum Gasteiger partial charge on any atom is -0.480 e. The van der Waals surface area contributed by atoms with Crippen molar-refractivity contribution < 1.29 is 30.0 Å². The van der Waals surface area contributed by atoms with Gasteiger partial charge in [0.25, 0.3) is 0 Å². The normalized spacial score (nSPS) is 14.9. The number of carbonyl (C=O) groups is 2. The van der Waals surface area contributed by atoms with Crippen LogP contribution in [0.3, 0.4) is 0 Å². The molecule has 0 spiro atoms. The van der Waals surface area contributed by atoms with E-state index >= 15 is 0 Å². The molecule has 5 N–H and O–H groups in total. The third-order valence-corrected chi connectivity index (χ3v) is 1.36. The monoisotopic (exact) mass is 193 g/mol. The molecular weight excluding hydrogens is 182 g/mol. The van der Waals surface area contributed by atoms with Crippen LogP contribution in [0.25, 0.3) is 0 Å². The first kappa shape index (κ1) is 11.8.